The maximum absolute atomic E-state index is 12.4. The molecular formula is C40H46N2O7S. The van der Waals surface area contributed by atoms with Crippen molar-refractivity contribution >= 4 is 23.6 Å². The van der Waals surface area contributed by atoms with Crippen molar-refractivity contribution in [2.75, 3.05) is 12.9 Å². The minimum atomic E-state index is -0.551. The fraction of sp³-hybridized carbons (Fsp3) is 0.350. The Balaban J connectivity index is 1.19. The van der Waals surface area contributed by atoms with Crippen LogP contribution in [0.4, 0.5) is 0 Å². The highest BCUT2D eigenvalue weighted by Crippen LogP contribution is 2.40. The fourth-order valence-electron chi connectivity index (χ4n) is 5.91. The van der Waals surface area contributed by atoms with Gasteiger partial charge in [-0.2, -0.15) is 0 Å². The number of carbonyl (C=O) groups is 2. The predicted octanol–water partition coefficient (Wildman–Crippen LogP) is 7.65. The van der Waals surface area contributed by atoms with Crippen LogP contribution < -0.4 is 15.5 Å². The lowest BCUT2D eigenvalue weighted by atomic mass is 9.99. The van der Waals surface area contributed by atoms with Crippen LogP contribution in [0.15, 0.2) is 102 Å². The van der Waals surface area contributed by atoms with Crippen molar-refractivity contribution in [1.82, 2.24) is 10.8 Å². The average molecular weight is 699 g/mol. The summed E-state index contributed by atoms with van der Waals surface area (Å²) in [4.78, 5) is 24.5. The molecule has 264 valence electrons. The molecule has 4 aromatic carbocycles. The zero-order valence-electron chi connectivity index (χ0n) is 28.4. The third-order valence-electron chi connectivity index (χ3n) is 8.72. The van der Waals surface area contributed by atoms with Gasteiger partial charge in [0.05, 0.1) is 25.9 Å². The molecule has 1 aliphatic heterocycles. The number of unbranched alkanes of at least 4 members (excludes halogenated alkanes) is 3. The van der Waals surface area contributed by atoms with Crippen molar-refractivity contribution in [3.05, 3.63) is 119 Å². The highest BCUT2D eigenvalue weighted by Gasteiger charge is 2.32. The van der Waals surface area contributed by atoms with Crippen LogP contribution in [0.3, 0.4) is 0 Å². The van der Waals surface area contributed by atoms with Gasteiger partial charge in [-0.3, -0.25) is 14.8 Å². The van der Waals surface area contributed by atoms with E-state index in [1.165, 1.54) is 0 Å². The number of amides is 2. The lowest BCUT2D eigenvalue weighted by Gasteiger charge is -2.36. The zero-order valence-corrected chi connectivity index (χ0v) is 29.2. The normalized spacial score (nSPS) is 17.2. The number of thioether (sulfide) groups is 1. The Bertz CT molecular complexity index is 1670. The summed E-state index contributed by atoms with van der Waals surface area (Å²) in [7, 11) is 1.68. The molecule has 0 spiro atoms. The molecule has 1 aliphatic rings. The minimum absolute atomic E-state index is 0.00240. The van der Waals surface area contributed by atoms with Crippen molar-refractivity contribution in [3.63, 3.8) is 0 Å². The van der Waals surface area contributed by atoms with Crippen LogP contribution in [0.2, 0.25) is 0 Å². The first kappa shape index (κ1) is 37.1. The summed E-state index contributed by atoms with van der Waals surface area (Å²) in [6, 6.07) is 32.3. The van der Waals surface area contributed by atoms with E-state index in [2.05, 4.69) is 35.6 Å². The van der Waals surface area contributed by atoms with Gasteiger partial charge in [-0.15, -0.1) is 11.8 Å². The van der Waals surface area contributed by atoms with E-state index < -0.39 is 6.29 Å². The molecular weight excluding hydrogens is 653 g/mol. The highest BCUT2D eigenvalue weighted by molar-refractivity contribution is 7.99. The SMILES string of the molecule is COc1ccccc1SC[C@@H]1C[C@H](c2ccc(CO)cc2)O[C@H](c2ccc(-c3cccc(CNC(=O)CCCCCCC(=O)NO)c3)cc2)O1. The first-order valence-corrected chi connectivity index (χ1v) is 18.1. The topological polar surface area (TPSA) is 126 Å². The molecule has 0 aromatic heterocycles. The van der Waals surface area contributed by atoms with Gasteiger partial charge in [0.25, 0.3) is 0 Å². The van der Waals surface area contributed by atoms with E-state index in [0.29, 0.717) is 25.8 Å². The minimum Gasteiger partial charge on any atom is -0.496 e. The first-order chi connectivity index (χ1) is 24.4. The molecule has 4 N–H and O–H groups in total. The largest absolute Gasteiger partial charge is 0.496 e. The second-order valence-corrected chi connectivity index (χ2v) is 13.4. The van der Waals surface area contributed by atoms with E-state index in [1.54, 1.807) is 24.4 Å². The zero-order chi connectivity index (χ0) is 35.1. The summed E-state index contributed by atoms with van der Waals surface area (Å²) in [5, 5.41) is 21.1. The summed E-state index contributed by atoms with van der Waals surface area (Å²) < 4.78 is 18.7. The van der Waals surface area contributed by atoms with Crippen LogP contribution in [0.25, 0.3) is 11.1 Å². The third kappa shape index (κ3) is 10.9. The maximum Gasteiger partial charge on any atom is 0.243 e. The van der Waals surface area contributed by atoms with Crippen LogP contribution in [0.1, 0.15) is 79.6 Å². The van der Waals surface area contributed by atoms with Gasteiger partial charge in [0.2, 0.25) is 11.8 Å². The van der Waals surface area contributed by atoms with Gasteiger partial charge in [-0.25, -0.2) is 5.48 Å². The molecule has 5 rings (SSSR count). The Hall–Kier alpha value is -4.19. The lowest BCUT2D eigenvalue weighted by Crippen LogP contribution is -2.31. The molecule has 0 bridgehead atoms. The number of aliphatic hydroxyl groups excluding tert-OH is 1. The van der Waals surface area contributed by atoms with Crippen molar-refractivity contribution in [2.24, 2.45) is 0 Å². The van der Waals surface area contributed by atoms with Crippen LogP contribution in [-0.2, 0) is 32.2 Å². The van der Waals surface area contributed by atoms with Gasteiger partial charge < -0.3 is 24.6 Å². The standard InChI is InChI=1S/C40H46N2O7S/c1-47-35-11-6-7-12-37(35)50-27-34-24-36(31-17-15-28(26-43)16-18-31)49-40(48-34)32-21-19-30(20-22-32)33-10-8-9-29(23-33)25-41-38(44)13-4-2-3-5-14-39(45)42-46/h6-12,15-23,34,36,40,43,46H,2-5,13-14,24-27H2,1H3,(H,41,44)(H,42,45)/t34-,36+,40+/m0/s1. The van der Waals surface area contributed by atoms with Crippen LogP contribution in [0.5, 0.6) is 5.75 Å². The van der Waals surface area contributed by atoms with Gasteiger partial charge in [0, 0.05) is 42.0 Å². The van der Waals surface area contributed by atoms with Crippen molar-refractivity contribution in [2.45, 2.75) is 81.5 Å². The number of nitrogens with one attached hydrogen (secondary N) is 2. The van der Waals surface area contributed by atoms with Gasteiger partial charge in [-0.1, -0.05) is 91.7 Å². The average Bonchev–Trinajstić information content (AvgIpc) is 3.17. The molecule has 1 fully saturated rings. The number of ether oxygens (including phenoxy) is 3. The van der Waals surface area contributed by atoms with E-state index >= 15 is 0 Å². The second-order valence-electron chi connectivity index (χ2n) is 12.4. The van der Waals surface area contributed by atoms with E-state index in [4.69, 9.17) is 19.4 Å². The number of benzene rings is 4. The summed E-state index contributed by atoms with van der Waals surface area (Å²) in [5.74, 6) is 1.20. The molecule has 2 amide bonds. The van der Waals surface area contributed by atoms with Crippen molar-refractivity contribution in [3.8, 4) is 16.9 Å². The Kier molecular flexibility index (Phi) is 14.3. The molecule has 4 aromatic rings. The number of hydrogen-bond acceptors (Lipinski definition) is 8. The highest BCUT2D eigenvalue weighted by atomic mass is 32.2. The third-order valence-corrected chi connectivity index (χ3v) is 9.91. The quantitative estimate of drug-likeness (QED) is 0.0384. The molecule has 0 aliphatic carbocycles. The van der Waals surface area contributed by atoms with Gasteiger partial charge >= 0.3 is 0 Å². The van der Waals surface area contributed by atoms with E-state index in [0.717, 1.165) is 69.0 Å². The lowest BCUT2D eigenvalue weighted by molar-refractivity contribution is -0.245. The number of hydrogen-bond donors (Lipinski definition) is 4. The number of aliphatic hydroxyl groups is 1. The maximum atomic E-state index is 12.4. The van der Waals surface area contributed by atoms with E-state index in [1.807, 2.05) is 66.7 Å². The smallest absolute Gasteiger partial charge is 0.243 e. The molecule has 1 saturated heterocycles. The van der Waals surface area contributed by atoms with Gasteiger partial charge in [0.1, 0.15) is 5.75 Å². The number of para-hydroxylation sites is 1. The molecule has 9 nitrogen and oxygen atoms in total. The number of hydroxylamine groups is 1. The Morgan fingerprint density at radius 3 is 2.24 bits per heavy atom. The number of carbonyl (C=O) groups excluding carboxylic acids is 2. The molecule has 0 saturated carbocycles. The Morgan fingerprint density at radius 2 is 1.52 bits per heavy atom. The first-order valence-electron chi connectivity index (χ1n) is 17.1. The predicted molar refractivity (Wildman–Crippen MR) is 193 cm³/mol. The monoisotopic (exact) mass is 698 g/mol. The summed E-state index contributed by atoms with van der Waals surface area (Å²) >= 11 is 1.71. The fourth-order valence-corrected chi connectivity index (χ4v) is 6.96. The molecule has 0 radical (unpaired) electrons. The van der Waals surface area contributed by atoms with Crippen LogP contribution >= 0.6 is 11.8 Å². The van der Waals surface area contributed by atoms with E-state index in [9.17, 15) is 14.7 Å². The number of methoxy groups -OCH3 is 1. The molecule has 1 heterocycles. The van der Waals surface area contributed by atoms with E-state index in [-0.39, 0.29) is 37.0 Å². The molecule has 3 atom stereocenters. The summed E-state index contributed by atoms with van der Waals surface area (Å²) in [5.41, 5.74) is 7.58. The van der Waals surface area contributed by atoms with Gasteiger partial charge in [0.15, 0.2) is 6.29 Å². The number of rotatable bonds is 17. The molecule has 50 heavy (non-hydrogen) atoms. The van der Waals surface area contributed by atoms with Crippen molar-refractivity contribution in [1.29, 1.82) is 0 Å². The molecule has 10 heteroatoms. The second kappa shape index (κ2) is 19.3. The van der Waals surface area contributed by atoms with Crippen molar-refractivity contribution < 1.29 is 34.1 Å². The Morgan fingerprint density at radius 1 is 0.800 bits per heavy atom. The van der Waals surface area contributed by atoms with Crippen LogP contribution in [-0.4, -0.2) is 41.1 Å². The van der Waals surface area contributed by atoms with Crippen LogP contribution in [0, 0.1) is 0 Å². The summed E-state index contributed by atoms with van der Waals surface area (Å²) in [6.45, 7) is 0.442. The molecule has 0 unspecified atom stereocenters. The van der Waals surface area contributed by atoms with Gasteiger partial charge in [-0.05, 0) is 58.9 Å². The Labute approximate surface area is 298 Å². The summed E-state index contributed by atoms with van der Waals surface area (Å²) in [6.07, 6.45) is 3.77.